The molecule has 0 aliphatic carbocycles. The van der Waals surface area contributed by atoms with Gasteiger partial charge in [0.25, 0.3) is 0 Å². The molecule has 120 valence electrons. The lowest BCUT2D eigenvalue weighted by molar-refractivity contribution is -0.108. The Bertz CT molecular complexity index is 184. The van der Waals surface area contributed by atoms with Crippen LogP contribution < -0.4 is 5.73 Å². The van der Waals surface area contributed by atoms with Crippen LogP contribution in [0, 0.1) is 0 Å². The van der Waals surface area contributed by atoms with Crippen molar-refractivity contribution < 1.29 is 9.59 Å². The highest BCUT2D eigenvalue weighted by atomic mass is 16.1. The molecule has 0 aromatic heterocycles. The van der Waals surface area contributed by atoms with Crippen molar-refractivity contribution in [1.82, 2.24) is 0 Å². The Balaban J connectivity index is 0. The fourth-order valence-corrected chi connectivity index (χ4v) is 2.25. The van der Waals surface area contributed by atoms with E-state index >= 15 is 0 Å². The molecule has 0 aliphatic heterocycles. The Morgan fingerprint density at radius 3 is 1.25 bits per heavy atom. The Kier molecular flexibility index (Phi) is 24.9. The van der Waals surface area contributed by atoms with Crippen LogP contribution in [0.25, 0.3) is 0 Å². The summed E-state index contributed by atoms with van der Waals surface area (Å²) < 4.78 is 0. The molecule has 2 N–H and O–H groups in total. The summed E-state index contributed by atoms with van der Waals surface area (Å²) in [6.45, 7) is 2.27. The first-order chi connectivity index (χ1) is 9.83. The zero-order valence-corrected chi connectivity index (χ0v) is 13.4. The minimum Gasteiger partial charge on any atom is -0.372 e. The molecule has 0 rings (SSSR count). The van der Waals surface area contributed by atoms with E-state index in [1.807, 2.05) is 0 Å². The van der Waals surface area contributed by atoms with Gasteiger partial charge in [0.05, 0.1) is 0 Å². The predicted octanol–water partition coefficient (Wildman–Crippen LogP) is 4.77. The van der Waals surface area contributed by atoms with E-state index < -0.39 is 0 Å². The molecule has 0 aliphatic rings. The summed E-state index contributed by atoms with van der Waals surface area (Å²) >= 11 is 0. The maximum Gasteiger partial charge on any atom is 0.204 e. The molecule has 0 spiro atoms. The van der Waals surface area contributed by atoms with Gasteiger partial charge in [-0.1, -0.05) is 84.0 Å². The maximum atomic E-state index is 10.1. The molecule has 0 aromatic carbocycles. The number of carbonyl (C=O) groups excluding carboxylic acids is 2. The minimum absolute atomic E-state index is 0.250. The number of hydrogen-bond acceptors (Lipinski definition) is 2. The number of aldehydes is 1. The van der Waals surface area contributed by atoms with Crippen molar-refractivity contribution in [1.29, 1.82) is 0 Å². The molecule has 0 unspecified atom stereocenters. The molecular weight excluding hydrogens is 250 g/mol. The Morgan fingerprint density at radius 1 is 0.650 bits per heavy atom. The highest BCUT2D eigenvalue weighted by Crippen LogP contribution is 2.12. The number of primary amides is 1. The summed E-state index contributed by atoms with van der Waals surface area (Å²) in [5.41, 5.74) is 4.17. The number of unbranched alkanes of at least 4 members (excludes halogenated alkanes) is 13. The first-order valence-corrected chi connectivity index (χ1v) is 8.42. The van der Waals surface area contributed by atoms with Crippen LogP contribution in [0.3, 0.4) is 0 Å². The Hall–Kier alpha value is -0.860. The van der Waals surface area contributed by atoms with Crippen LogP contribution in [-0.4, -0.2) is 12.7 Å². The second-order valence-electron chi connectivity index (χ2n) is 5.33. The summed E-state index contributed by atoms with van der Waals surface area (Å²) in [6, 6.07) is 0. The highest BCUT2D eigenvalue weighted by Gasteiger charge is 1.93. The van der Waals surface area contributed by atoms with Crippen LogP contribution in [0.2, 0.25) is 0 Å². The van der Waals surface area contributed by atoms with Crippen LogP contribution in [-0.2, 0) is 9.59 Å². The van der Waals surface area contributed by atoms with Crippen LogP contribution in [0.1, 0.15) is 96.8 Å². The minimum atomic E-state index is 0.250. The van der Waals surface area contributed by atoms with E-state index in [9.17, 15) is 4.79 Å². The van der Waals surface area contributed by atoms with Gasteiger partial charge in [-0.2, -0.15) is 0 Å². The summed E-state index contributed by atoms with van der Waals surface area (Å²) in [5.74, 6) is 0. The topological polar surface area (TPSA) is 60.2 Å². The monoisotopic (exact) mass is 285 g/mol. The smallest absolute Gasteiger partial charge is 0.204 e. The first kappa shape index (κ1) is 21.4. The maximum absolute atomic E-state index is 10.1. The Morgan fingerprint density at radius 2 is 0.950 bits per heavy atom. The van der Waals surface area contributed by atoms with Crippen LogP contribution in [0.4, 0.5) is 0 Å². The van der Waals surface area contributed by atoms with Crippen molar-refractivity contribution >= 4 is 12.7 Å². The molecule has 0 heterocycles. The third-order valence-corrected chi connectivity index (χ3v) is 3.43. The number of nitrogens with two attached hydrogens (primary N) is 1. The molecule has 0 saturated carbocycles. The Labute approximate surface area is 125 Å². The molecule has 3 nitrogen and oxygen atoms in total. The van der Waals surface area contributed by atoms with Gasteiger partial charge in [-0.3, -0.25) is 4.79 Å². The second kappa shape index (κ2) is 23.2. The van der Waals surface area contributed by atoms with Crippen molar-refractivity contribution in [2.75, 3.05) is 0 Å². The lowest BCUT2D eigenvalue weighted by Crippen LogP contribution is -1.83. The van der Waals surface area contributed by atoms with Gasteiger partial charge >= 0.3 is 0 Å². The van der Waals surface area contributed by atoms with E-state index in [-0.39, 0.29) is 6.41 Å². The zero-order valence-electron chi connectivity index (χ0n) is 13.4. The van der Waals surface area contributed by atoms with Crippen molar-refractivity contribution in [2.45, 2.75) is 96.8 Å². The summed E-state index contributed by atoms with van der Waals surface area (Å²) in [5, 5.41) is 0. The van der Waals surface area contributed by atoms with Gasteiger partial charge in [0.15, 0.2) is 0 Å². The summed E-state index contributed by atoms with van der Waals surface area (Å²) in [4.78, 5) is 18.7. The van der Waals surface area contributed by atoms with E-state index in [1.54, 1.807) is 0 Å². The SMILES string of the molecule is CCCCCCCCCCCCCCCC=O.NC=O. The largest absolute Gasteiger partial charge is 0.372 e. The van der Waals surface area contributed by atoms with Gasteiger partial charge in [0.2, 0.25) is 6.41 Å². The van der Waals surface area contributed by atoms with Crippen molar-refractivity contribution in [3.05, 3.63) is 0 Å². The number of carbonyl (C=O) groups is 2. The van der Waals surface area contributed by atoms with E-state index in [2.05, 4.69) is 12.7 Å². The average molecular weight is 285 g/mol. The predicted molar refractivity (Wildman–Crippen MR) is 86.6 cm³/mol. The molecule has 0 aromatic rings. The molecule has 0 bridgehead atoms. The van der Waals surface area contributed by atoms with Crippen LogP contribution >= 0.6 is 0 Å². The van der Waals surface area contributed by atoms with E-state index in [4.69, 9.17) is 4.79 Å². The van der Waals surface area contributed by atoms with Gasteiger partial charge in [-0.05, 0) is 6.42 Å². The molecule has 0 fully saturated rings. The quantitative estimate of drug-likeness (QED) is 0.369. The first-order valence-electron chi connectivity index (χ1n) is 8.42. The van der Waals surface area contributed by atoms with E-state index in [0.717, 1.165) is 19.1 Å². The zero-order chi connectivity index (χ0) is 15.3. The third kappa shape index (κ3) is 25.9. The fourth-order valence-electron chi connectivity index (χ4n) is 2.25. The van der Waals surface area contributed by atoms with Gasteiger partial charge in [-0.15, -0.1) is 0 Å². The van der Waals surface area contributed by atoms with Crippen LogP contribution in [0.5, 0.6) is 0 Å². The van der Waals surface area contributed by atoms with Crippen LogP contribution in [0.15, 0.2) is 0 Å². The molecular formula is C17H35NO2. The normalized spacial score (nSPS) is 9.65. The van der Waals surface area contributed by atoms with Gasteiger partial charge in [-0.25, -0.2) is 0 Å². The lowest BCUT2D eigenvalue weighted by Gasteiger charge is -2.02. The van der Waals surface area contributed by atoms with Gasteiger partial charge in [0.1, 0.15) is 6.29 Å². The highest BCUT2D eigenvalue weighted by molar-refractivity contribution is 5.48. The fraction of sp³-hybridized carbons (Fsp3) is 0.882. The van der Waals surface area contributed by atoms with Crippen molar-refractivity contribution in [3.63, 3.8) is 0 Å². The lowest BCUT2D eigenvalue weighted by atomic mass is 10.0. The molecule has 0 saturated heterocycles. The molecule has 0 atom stereocenters. The second-order valence-corrected chi connectivity index (χ2v) is 5.33. The third-order valence-electron chi connectivity index (χ3n) is 3.43. The number of hydrogen-bond donors (Lipinski definition) is 1. The summed E-state index contributed by atoms with van der Waals surface area (Å²) in [7, 11) is 0. The standard InChI is InChI=1S/C16H32O.CH3NO/c1-2-3-4-5-6-7-8-9-10-11-12-13-14-15-16-17;2-1-3/h16H,2-15H2,1H3;1H,(H2,2,3). The van der Waals surface area contributed by atoms with Gasteiger partial charge < -0.3 is 10.5 Å². The number of amides is 1. The van der Waals surface area contributed by atoms with Gasteiger partial charge in [0, 0.05) is 6.42 Å². The van der Waals surface area contributed by atoms with Crippen molar-refractivity contribution in [3.8, 4) is 0 Å². The van der Waals surface area contributed by atoms with Crippen molar-refractivity contribution in [2.24, 2.45) is 5.73 Å². The summed E-state index contributed by atoms with van der Waals surface area (Å²) in [6.07, 6.45) is 19.9. The molecule has 0 radical (unpaired) electrons. The van der Waals surface area contributed by atoms with E-state index in [1.165, 1.54) is 77.0 Å². The number of rotatable bonds is 14. The van der Waals surface area contributed by atoms with E-state index in [0.29, 0.717) is 0 Å². The molecule has 20 heavy (non-hydrogen) atoms. The average Bonchev–Trinajstić information content (AvgIpc) is 2.45. The molecule has 3 heteroatoms. The molecule has 1 amide bonds.